The molecule has 1 unspecified atom stereocenters. The van der Waals surface area contributed by atoms with Gasteiger partial charge in [-0.2, -0.15) is 0 Å². The summed E-state index contributed by atoms with van der Waals surface area (Å²) in [6, 6.07) is 18.5. The summed E-state index contributed by atoms with van der Waals surface area (Å²) in [7, 11) is 1.56. The molecule has 0 radical (unpaired) electrons. The molecule has 1 aliphatic rings. The molecule has 1 N–H and O–H groups in total. The molecular weight excluding hydrogens is 421 g/mol. The third-order valence-corrected chi connectivity index (χ3v) is 5.80. The van der Waals surface area contributed by atoms with Crippen LogP contribution in [0.2, 0.25) is 0 Å². The molecule has 0 aromatic heterocycles. The van der Waals surface area contributed by atoms with Crippen molar-refractivity contribution in [2.75, 3.05) is 12.0 Å². The predicted octanol–water partition coefficient (Wildman–Crippen LogP) is 5.58. The minimum atomic E-state index is -1.11. The SMILES string of the molecule is COc1ccc(/C(O)=C2\C(=O)C(=O)N(c3ccccc3)C2c2ccccc2F)cc1C(C)C. The number of aliphatic hydroxyl groups is 1. The normalized spacial score (nSPS) is 17.6. The molecule has 5 nitrogen and oxygen atoms in total. The minimum Gasteiger partial charge on any atom is -0.507 e. The first-order valence-electron chi connectivity index (χ1n) is 10.6. The Morgan fingerprint density at radius 1 is 1.00 bits per heavy atom. The second kappa shape index (κ2) is 8.90. The first-order valence-corrected chi connectivity index (χ1v) is 10.6. The summed E-state index contributed by atoms with van der Waals surface area (Å²) in [5.74, 6) is -1.89. The Kier molecular flexibility index (Phi) is 6.01. The third kappa shape index (κ3) is 3.89. The topological polar surface area (TPSA) is 66.8 Å². The van der Waals surface area contributed by atoms with Crippen LogP contribution in [-0.2, 0) is 9.59 Å². The van der Waals surface area contributed by atoms with E-state index in [-0.39, 0.29) is 22.8 Å². The van der Waals surface area contributed by atoms with Gasteiger partial charge in [-0.3, -0.25) is 14.5 Å². The lowest BCUT2D eigenvalue weighted by atomic mass is 9.93. The summed E-state index contributed by atoms with van der Waals surface area (Å²) in [5, 5.41) is 11.3. The number of ketones is 1. The van der Waals surface area contributed by atoms with Crippen LogP contribution in [0.25, 0.3) is 5.76 Å². The lowest BCUT2D eigenvalue weighted by Crippen LogP contribution is -2.29. The lowest BCUT2D eigenvalue weighted by molar-refractivity contribution is -0.132. The van der Waals surface area contributed by atoms with Crippen molar-refractivity contribution in [3.05, 3.63) is 101 Å². The molecule has 168 valence electrons. The van der Waals surface area contributed by atoms with Crippen LogP contribution in [0.5, 0.6) is 5.75 Å². The highest BCUT2D eigenvalue weighted by Crippen LogP contribution is 2.43. The van der Waals surface area contributed by atoms with Gasteiger partial charge in [0, 0.05) is 16.8 Å². The van der Waals surface area contributed by atoms with Crippen molar-refractivity contribution in [1.82, 2.24) is 0 Å². The smallest absolute Gasteiger partial charge is 0.300 e. The molecule has 1 saturated heterocycles. The van der Waals surface area contributed by atoms with Crippen molar-refractivity contribution in [3.63, 3.8) is 0 Å². The van der Waals surface area contributed by atoms with E-state index in [2.05, 4.69) is 0 Å². The standard InChI is InChI=1S/C27H24FNO4/c1-16(2)20-15-17(13-14-22(20)33-3)25(30)23-24(19-11-7-8-12-21(19)28)29(27(32)26(23)31)18-9-5-4-6-10-18/h4-16,24,30H,1-3H3/b25-23+. The van der Waals surface area contributed by atoms with E-state index >= 15 is 0 Å². The molecule has 1 amide bonds. The number of methoxy groups -OCH3 is 1. The minimum absolute atomic E-state index is 0.0850. The largest absolute Gasteiger partial charge is 0.507 e. The molecule has 1 atom stereocenters. The summed E-state index contributed by atoms with van der Waals surface area (Å²) >= 11 is 0. The van der Waals surface area contributed by atoms with Gasteiger partial charge in [0.2, 0.25) is 0 Å². The Balaban J connectivity index is 1.96. The summed E-state index contributed by atoms with van der Waals surface area (Å²) in [5.41, 5.74) is 1.59. The van der Waals surface area contributed by atoms with Crippen LogP contribution in [0.15, 0.2) is 78.4 Å². The van der Waals surface area contributed by atoms with Crippen molar-refractivity contribution in [3.8, 4) is 5.75 Å². The number of benzene rings is 3. The number of rotatable bonds is 5. The van der Waals surface area contributed by atoms with E-state index in [9.17, 15) is 19.1 Å². The number of Topliss-reactive ketones (excluding diaryl/α,β-unsaturated/α-hetero) is 1. The maximum Gasteiger partial charge on any atom is 0.300 e. The number of para-hydroxylation sites is 1. The van der Waals surface area contributed by atoms with Crippen LogP contribution in [0.3, 0.4) is 0 Å². The van der Waals surface area contributed by atoms with Crippen LogP contribution in [-0.4, -0.2) is 23.9 Å². The molecule has 0 bridgehead atoms. The molecule has 1 aliphatic heterocycles. The Bertz CT molecular complexity index is 1250. The Morgan fingerprint density at radius 3 is 2.30 bits per heavy atom. The van der Waals surface area contributed by atoms with Crippen molar-refractivity contribution in [1.29, 1.82) is 0 Å². The van der Waals surface area contributed by atoms with Crippen LogP contribution in [0.1, 0.15) is 42.5 Å². The number of hydrogen-bond acceptors (Lipinski definition) is 4. The molecule has 1 heterocycles. The second-order valence-electron chi connectivity index (χ2n) is 8.14. The van der Waals surface area contributed by atoms with Gasteiger partial charge in [-0.25, -0.2) is 4.39 Å². The number of anilines is 1. The van der Waals surface area contributed by atoms with Gasteiger partial charge in [-0.1, -0.05) is 50.2 Å². The second-order valence-corrected chi connectivity index (χ2v) is 8.14. The van der Waals surface area contributed by atoms with E-state index in [1.807, 2.05) is 13.8 Å². The lowest BCUT2D eigenvalue weighted by Gasteiger charge is -2.25. The molecule has 0 aliphatic carbocycles. The van der Waals surface area contributed by atoms with E-state index in [0.29, 0.717) is 17.0 Å². The van der Waals surface area contributed by atoms with E-state index in [1.54, 1.807) is 61.7 Å². The number of ether oxygens (including phenoxy) is 1. The average Bonchev–Trinajstić information content (AvgIpc) is 3.09. The fourth-order valence-electron chi connectivity index (χ4n) is 4.17. The van der Waals surface area contributed by atoms with Crippen molar-refractivity contribution in [2.45, 2.75) is 25.8 Å². The van der Waals surface area contributed by atoms with Crippen LogP contribution in [0.4, 0.5) is 10.1 Å². The fourth-order valence-corrected chi connectivity index (χ4v) is 4.17. The first kappa shape index (κ1) is 22.3. The van der Waals surface area contributed by atoms with E-state index < -0.39 is 23.5 Å². The van der Waals surface area contributed by atoms with Gasteiger partial charge in [0.25, 0.3) is 11.7 Å². The van der Waals surface area contributed by atoms with Crippen molar-refractivity contribution >= 4 is 23.1 Å². The molecular formula is C27H24FNO4. The number of aliphatic hydroxyl groups excluding tert-OH is 1. The molecule has 33 heavy (non-hydrogen) atoms. The third-order valence-electron chi connectivity index (χ3n) is 5.80. The number of carbonyl (C=O) groups excluding carboxylic acids is 2. The van der Waals surface area contributed by atoms with E-state index in [4.69, 9.17) is 4.74 Å². The maximum absolute atomic E-state index is 14.9. The van der Waals surface area contributed by atoms with Gasteiger partial charge in [-0.15, -0.1) is 0 Å². The number of hydrogen-bond donors (Lipinski definition) is 1. The van der Waals surface area contributed by atoms with Gasteiger partial charge >= 0.3 is 0 Å². The molecule has 3 aromatic carbocycles. The average molecular weight is 445 g/mol. The highest BCUT2D eigenvalue weighted by molar-refractivity contribution is 6.51. The number of amides is 1. The summed E-state index contributed by atoms with van der Waals surface area (Å²) in [6.07, 6.45) is 0. The van der Waals surface area contributed by atoms with Crippen molar-refractivity contribution < 1.29 is 23.8 Å². The number of halogens is 1. The quantitative estimate of drug-likeness (QED) is 0.316. The Morgan fingerprint density at radius 2 is 1.67 bits per heavy atom. The monoisotopic (exact) mass is 445 g/mol. The predicted molar refractivity (Wildman–Crippen MR) is 125 cm³/mol. The number of nitrogens with zero attached hydrogens (tertiary/aromatic N) is 1. The Hall–Kier alpha value is -3.93. The zero-order valence-corrected chi connectivity index (χ0v) is 18.6. The van der Waals surface area contributed by atoms with Crippen molar-refractivity contribution in [2.24, 2.45) is 0 Å². The maximum atomic E-state index is 14.9. The van der Waals surface area contributed by atoms with E-state index in [1.165, 1.54) is 23.1 Å². The first-order chi connectivity index (χ1) is 15.8. The molecule has 4 rings (SSSR count). The molecule has 0 spiro atoms. The van der Waals surface area contributed by atoms with Gasteiger partial charge in [0.15, 0.2) is 0 Å². The fraction of sp³-hybridized carbons (Fsp3) is 0.185. The highest BCUT2D eigenvalue weighted by Gasteiger charge is 2.47. The number of carbonyl (C=O) groups is 2. The van der Waals surface area contributed by atoms with Crippen LogP contribution in [0, 0.1) is 5.82 Å². The van der Waals surface area contributed by atoms with Crippen LogP contribution >= 0.6 is 0 Å². The summed E-state index contributed by atoms with van der Waals surface area (Å²) in [4.78, 5) is 27.5. The van der Waals surface area contributed by atoms with Gasteiger partial charge < -0.3 is 9.84 Å². The van der Waals surface area contributed by atoms with E-state index in [0.717, 1.165) is 5.56 Å². The summed E-state index contributed by atoms with van der Waals surface area (Å²) < 4.78 is 20.3. The van der Waals surface area contributed by atoms with Gasteiger partial charge in [-0.05, 0) is 47.9 Å². The molecule has 1 fully saturated rings. The van der Waals surface area contributed by atoms with Gasteiger partial charge in [0.1, 0.15) is 17.3 Å². The Labute approximate surface area is 191 Å². The molecule has 3 aromatic rings. The highest BCUT2D eigenvalue weighted by atomic mass is 19.1. The zero-order chi connectivity index (χ0) is 23.7. The van der Waals surface area contributed by atoms with Gasteiger partial charge in [0.05, 0.1) is 18.7 Å². The molecule has 0 saturated carbocycles. The zero-order valence-electron chi connectivity index (χ0n) is 18.6. The van der Waals surface area contributed by atoms with Crippen LogP contribution < -0.4 is 9.64 Å². The molecule has 6 heteroatoms. The summed E-state index contributed by atoms with van der Waals surface area (Å²) in [6.45, 7) is 3.96.